The van der Waals surface area contributed by atoms with Gasteiger partial charge in [0.15, 0.2) is 11.5 Å². The van der Waals surface area contributed by atoms with Crippen molar-refractivity contribution < 1.29 is 28.5 Å². The Bertz CT molecular complexity index is 862. The van der Waals surface area contributed by atoms with Crippen LogP contribution in [0.4, 0.5) is 4.39 Å². The van der Waals surface area contributed by atoms with E-state index in [0.717, 1.165) is 0 Å². The first-order chi connectivity index (χ1) is 14.0. The summed E-state index contributed by atoms with van der Waals surface area (Å²) in [5, 5.41) is 9.61. The van der Waals surface area contributed by atoms with Gasteiger partial charge in [-0.15, -0.1) is 0 Å². The molecule has 1 amide bonds. The van der Waals surface area contributed by atoms with E-state index in [0.29, 0.717) is 54.3 Å². The van der Waals surface area contributed by atoms with Crippen LogP contribution in [0.1, 0.15) is 28.8 Å². The number of benzene rings is 2. The topological polar surface area (TPSA) is 68.2 Å². The first kappa shape index (κ1) is 20.9. The van der Waals surface area contributed by atoms with Crippen LogP contribution in [0.15, 0.2) is 36.4 Å². The summed E-state index contributed by atoms with van der Waals surface area (Å²) >= 11 is 0. The van der Waals surface area contributed by atoms with Gasteiger partial charge in [-0.25, -0.2) is 4.39 Å². The van der Waals surface area contributed by atoms with Gasteiger partial charge in [-0.05, 0) is 36.6 Å². The smallest absolute Gasteiger partial charge is 0.254 e. The molecule has 0 spiro atoms. The summed E-state index contributed by atoms with van der Waals surface area (Å²) in [5.74, 6) is 0.674. The van der Waals surface area contributed by atoms with E-state index in [1.165, 1.54) is 27.4 Å². The molecule has 1 N–H and O–H groups in total. The van der Waals surface area contributed by atoms with Crippen molar-refractivity contribution in [1.82, 2.24) is 4.90 Å². The Morgan fingerprint density at radius 3 is 2.34 bits per heavy atom. The van der Waals surface area contributed by atoms with Gasteiger partial charge in [0.25, 0.3) is 5.91 Å². The summed E-state index contributed by atoms with van der Waals surface area (Å²) in [7, 11) is 4.48. The molecule has 156 valence electrons. The van der Waals surface area contributed by atoms with E-state index in [1.807, 2.05) is 0 Å². The minimum Gasteiger partial charge on any atom is -0.493 e. The number of likely N-dealkylation sites (tertiary alicyclic amines) is 1. The molecular formula is C22H26FNO5. The molecule has 0 saturated carbocycles. The molecule has 0 aliphatic carbocycles. The number of hydrogen-bond acceptors (Lipinski definition) is 5. The minimum absolute atomic E-state index is 0.0828. The average molecular weight is 403 g/mol. The van der Waals surface area contributed by atoms with Gasteiger partial charge in [0.1, 0.15) is 5.82 Å². The van der Waals surface area contributed by atoms with Gasteiger partial charge in [0, 0.05) is 30.7 Å². The molecule has 6 nitrogen and oxygen atoms in total. The Balaban J connectivity index is 1.93. The van der Waals surface area contributed by atoms with Crippen molar-refractivity contribution in [1.29, 1.82) is 0 Å². The van der Waals surface area contributed by atoms with Crippen LogP contribution in [0, 0.1) is 5.82 Å². The van der Waals surface area contributed by atoms with E-state index in [9.17, 15) is 14.3 Å². The fourth-order valence-electron chi connectivity index (χ4n) is 4.10. The molecule has 1 aliphatic heterocycles. The van der Waals surface area contributed by atoms with Gasteiger partial charge in [-0.2, -0.15) is 0 Å². The molecule has 1 atom stereocenters. The standard InChI is InChI=1S/C22H26FNO5/c1-27-18-12-15(13-19(28-2)20(18)29-3)21(26)24-10-8-22(14-24,9-11-25)16-6-4-5-7-17(16)23/h4-7,12-13,25H,8-11,14H2,1-3H3. The molecule has 2 aromatic rings. The number of hydrogen-bond donors (Lipinski definition) is 1. The average Bonchev–Trinajstić information content (AvgIpc) is 3.17. The Morgan fingerprint density at radius 1 is 1.14 bits per heavy atom. The molecule has 1 unspecified atom stereocenters. The Morgan fingerprint density at radius 2 is 1.79 bits per heavy atom. The lowest BCUT2D eigenvalue weighted by Crippen LogP contribution is -2.36. The van der Waals surface area contributed by atoms with E-state index in [-0.39, 0.29) is 18.3 Å². The number of aliphatic hydroxyl groups excluding tert-OH is 1. The summed E-state index contributed by atoms with van der Waals surface area (Å²) < 4.78 is 30.5. The van der Waals surface area contributed by atoms with Crippen molar-refractivity contribution >= 4 is 5.91 Å². The van der Waals surface area contributed by atoms with Crippen LogP contribution in [0.2, 0.25) is 0 Å². The second-order valence-electron chi connectivity index (χ2n) is 7.12. The summed E-state index contributed by atoms with van der Waals surface area (Å²) in [6.45, 7) is 0.703. The largest absolute Gasteiger partial charge is 0.493 e. The third-order valence-electron chi connectivity index (χ3n) is 5.59. The van der Waals surface area contributed by atoms with Gasteiger partial charge in [-0.3, -0.25) is 4.79 Å². The van der Waals surface area contributed by atoms with E-state index in [4.69, 9.17) is 14.2 Å². The van der Waals surface area contributed by atoms with Crippen molar-refractivity contribution in [3.8, 4) is 17.2 Å². The zero-order valence-electron chi connectivity index (χ0n) is 16.9. The second-order valence-corrected chi connectivity index (χ2v) is 7.12. The second kappa shape index (κ2) is 8.69. The van der Waals surface area contributed by atoms with Crippen LogP contribution in [-0.2, 0) is 5.41 Å². The highest BCUT2D eigenvalue weighted by molar-refractivity contribution is 5.96. The maximum Gasteiger partial charge on any atom is 0.254 e. The predicted molar refractivity (Wildman–Crippen MR) is 106 cm³/mol. The molecule has 0 bridgehead atoms. The highest BCUT2D eigenvalue weighted by Gasteiger charge is 2.42. The third kappa shape index (κ3) is 3.87. The number of ether oxygens (including phenoxy) is 3. The zero-order chi connectivity index (χ0) is 21.0. The van der Waals surface area contributed by atoms with Crippen LogP contribution in [0.25, 0.3) is 0 Å². The highest BCUT2D eigenvalue weighted by Crippen LogP contribution is 2.41. The molecule has 3 rings (SSSR count). The third-order valence-corrected chi connectivity index (χ3v) is 5.59. The van der Waals surface area contributed by atoms with Crippen molar-refractivity contribution in [2.45, 2.75) is 18.3 Å². The first-order valence-electron chi connectivity index (χ1n) is 9.45. The monoisotopic (exact) mass is 403 g/mol. The quantitative estimate of drug-likeness (QED) is 0.770. The number of nitrogens with zero attached hydrogens (tertiary/aromatic N) is 1. The Kier molecular flexibility index (Phi) is 6.27. The fourth-order valence-corrected chi connectivity index (χ4v) is 4.10. The van der Waals surface area contributed by atoms with Crippen LogP contribution >= 0.6 is 0 Å². The molecule has 1 aliphatic rings. The molecule has 0 radical (unpaired) electrons. The summed E-state index contributed by atoms with van der Waals surface area (Å²) in [6.07, 6.45) is 0.956. The van der Waals surface area contributed by atoms with E-state index in [1.54, 1.807) is 35.2 Å². The Labute approximate surface area is 169 Å². The highest BCUT2D eigenvalue weighted by atomic mass is 19.1. The number of halogens is 1. The van der Waals surface area contributed by atoms with Crippen LogP contribution in [0.5, 0.6) is 17.2 Å². The van der Waals surface area contributed by atoms with Crippen LogP contribution < -0.4 is 14.2 Å². The van der Waals surface area contributed by atoms with Gasteiger partial charge in [0.05, 0.1) is 21.3 Å². The number of carbonyl (C=O) groups is 1. The van der Waals surface area contributed by atoms with Gasteiger partial charge < -0.3 is 24.2 Å². The number of amides is 1. The van der Waals surface area contributed by atoms with Gasteiger partial charge in [0.2, 0.25) is 5.75 Å². The van der Waals surface area contributed by atoms with Gasteiger partial charge >= 0.3 is 0 Å². The zero-order valence-corrected chi connectivity index (χ0v) is 16.9. The molecular weight excluding hydrogens is 377 g/mol. The molecule has 2 aromatic carbocycles. The lowest BCUT2D eigenvalue weighted by molar-refractivity contribution is 0.0778. The molecule has 7 heteroatoms. The lowest BCUT2D eigenvalue weighted by Gasteiger charge is -2.30. The normalized spacial score (nSPS) is 18.6. The van der Waals surface area contributed by atoms with E-state index in [2.05, 4.69) is 0 Å². The molecule has 0 aromatic heterocycles. The van der Waals surface area contributed by atoms with Gasteiger partial charge in [-0.1, -0.05) is 18.2 Å². The number of aliphatic hydroxyl groups is 1. The Hall–Kier alpha value is -2.80. The van der Waals surface area contributed by atoms with Crippen molar-refractivity contribution in [3.05, 3.63) is 53.3 Å². The van der Waals surface area contributed by atoms with Crippen LogP contribution in [-0.4, -0.2) is 56.9 Å². The summed E-state index contributed by atoms with van der Waals surface area (Å²) in [4.78, 5) is 14.9. The minimum atomic E-state index is -0.615. The van der Waals surface area contributed by atoms with E-state index < -0.39 is 5.41 Å². The summed E-state index contributed by atoms with van der Waals surface area (Å²) in [6, 6.07) is 9.79. The fraction of sp³-hybridized carbons (Fsp3) is 0.409. The predicted octanol–water partition coefficient (Wildman–Crippen LogP) is 3.02. The first-order valence-corrected chi connectivity index (χ1v) is 9.45. The lowest BCUT2D eigenvalue weighted by atomic mass is 9.77. The molecule has 1 saturated heterocycles. The maximum atomic E-state index is 14.5. The van der Waals surface area contributed by atoms with Crippen molar-refractivity contribution in [2.75, 3.05) is 41.0 Å². The molecule has 29 heavy (non-hydrogen) atoms. The van der Waals surface area contributed by atoms with E-state index >= 15 is 0 Å². The number of methoxy groups -OCH3 is 3. The molecule has 1 heterocycles. The molecule has 1 fully saturated rings. The SMILES string of the molecule is COc1cc(C(=O)N2CCC(CCO)(c3ccccc3F)C2)cc(OC)c1OC. The van der Waals surface area contributed by atoms with Crippen molar-refractivity contribution in [3.63, 3.8) is 0 Å². The summed E-state index contributed by atoms with van der Waals surface area (Å²) in [5.41, 5.74) is 0.318. The van der Waals surface area contributed by atoms with Crippen molar-refractivity contribution in [2.24, 2.45) is 0 Å². The number of rotatable bonds is 7. The van der Waals surface area contributed by atoms with Crippen LogP contribution in [0.3, 0.4) is 0 Å². The maximum absolute atomic E-state index is 14.5. The number of carbonyl (C=O) groups excluding carboxylic acids is 1.